The summed E-state index contributed by atoms with van der Waals surface area (Å²) in [4.78, 5) is 15.5. The number of dihydropyridines is 1. The lowest BCUT2D eigenvalue weighted by Crippen LogP contribution is -2.17. The van der Waals surface area contributed by atoms with Crippen LogP contribution in [0, 0.1) is 0 Å². The molecule has 0 bridgehead atoms. The molecule has 0 radical (unpaired) electrons. The first-order chi connectivity index (χ1) is 5.38. The van der Waals surface area contributed by atoms with Gasteiger partial charge in [0, 0.05) is 18.5 Å². The summed E-state index contributed by atoms with van der Waals surface area (Å²) in [6.45, 7) is 0.830. The van der Waals surface area contributed by atoms with E-state index in [0.717, 1.165) is 24.3 Å². The summed E-state index contributed by atoms with van der Waals surface area (Å²) in [5, 5.41) is 0. The van der Waals surface area contributed by atoms with E-state index in [1.165, 1.54) is 0 Å². The minimum Gasteiger partial charge on any atom is -0.294 e. The van der Waals surface area contributed by atoms with Crippen LogP contribution in [0.1, 0.15) is 12.8 Å². The van der Waals surface area contributed by atoms with Crippen LogP contribution in [0.25, 0.3) is 0 Å². The third kappa shape index (κ3) is 1.04. The number of ketones is 1. The number of allylic oxidation sites excluding steroid dienone is 3. The standard InChI is InChI=1S/C9H9NO/c11-9-5-1-4-8-7(9)3-2-6-10-8/h1,3-4H,2,5-6H2. The van der Waals surface area contributed by atoms with Gasteiger partial charge in [0.25, 0.3) is 0 Å². The highest BCUT2D eigenvalue weighted by atomic mass is 16.1. The summed E-state index contributed by atoms with van der Waals surface area (Å²) in [6, 6.07) is 0. The predicted molar refractivity (Wildman–Crippen MR) is 43.8 cm³/mol. The second-order valence-electron chi connectivity index (χ2n) is 2.70. The molecule has 11 heavy (non-hydrogen) atoms. The molecule has 0 saturated heterocycles. The summed E-state index contributed by atoms with van der Waals surface area (Å²) < 4.78 is 0. The van der Waals surface area contributed by atoms with Gasteiger partial charge in [-0.05, 0) is 12.5 Å². The van der Waals surface area contributed by atoms with Crippen molar-refractivity contribution in [2.45, 2.75) is 12.8 Å². The summed E-state index contributed by atoms with van der Waals surface area (Å²) in [7, 11) is 0. The van der Waals surface area contributed by atoms with Gasteiger partial charge in [0.05, 0.1) is 5.71 Å². The highest BCUT2D eigenvalue weighted by Gasteiger charge is 2.17. The van der Waals surface area contributed by atoms with Gasteiger partial charge in [0.1, 0.15) is 0 Å². The molecule has 2 aliphatic rings. The Bertz CT molecular complexity index is 284. The molecule has 0 amide bonds. The van der Waals surface area contributed by atoms with Crippen molar-refractivity contribution >= 4 is 11.5 Å². The molecule has 0 atom stereocenters. The highest BCUT2D eigenvalue weighted by Crippen LogP contribution is 2.15. The molecule has 0 spiro atoms. The highest BCUT2D eigenvalue weighted by molar-refractivity contribution is 6.28. The third-order valence-corrected chi connectivity index (χ3v) is 1.92. The summed E-state index contributed by atoms with van der Waals surface area (Å²) in [6.07, 6.45) is 7.27. The zero-order valence-electron chi connectivity index (χ0n) is 6.21. The van der Waals surface area contributed by atoms with E-state index in [9.17, 15) is 4.79 Å². The third-order valence-electron chi connectivity index (χ3n) is 1.92. The van der Waals surface area contributed by atoms with Crippen molar-refractivity contribution in [2.24, 2.45) is 4.99 Å². The van der Waals surface area contributed by atoms with Gasteiger partial charge >= 0.3 is 0 Å². The van der Waals surface area contributed by atoms with E-state index in [4.69, 9.17) is 0 Å². The van der Waals surface area contributed by atoms with Crippen molar-refractivity contribution < 1.29 is 4.79 Å². The van der Waals surface area contributed by atoms with Gasteiger partial charge in [-0.1, -0.05) is 12.2 Å². The van der Waals surface area contributed by atoms with E-state index in [1.807, 2.05) is 18.2 Å². The van der Waals surface area contributed by atoms with Gasteiger partial charge in [0.2, 0.25) is 0 Å². The van der Waals surface area contributed by atoms with Gasteiger partial charge in [-0.2, -0.15) is 0 Å². The molecule has 0 unspecified atom stereocenters. The van der Waals surface area contributed by atoms with E-state index in [2.05, 4.69) is 4.99 Å². The molecule has 0 saturated carbocycles. The molecule has 0 aromatic heterocycles. The Balaban J connectivity index is 2.44. The van der Waals surface area contributed by atoms with Crippen LogP contribution in [0.5, 0.6) is 0 Å². The fourth-order valence-electron chi connectivity index (χ4n) is 1.37. The Morgan fingerprint density at radius 3 is 3.18 bits per heavy atom. The minimum absolute atomic E-state index is 0.214. The first-order valence-electron chi connectivity index (χ1n) is 3.82. The van der Waals surface area contributed by atoms with Gasteiger partial charge < -0.3 is 0 Å². The fourth-order valence-corrected chi connectivity index (χ4v) is 1.37. The Kier molecular flexibility index (Phi) is 1.46. The molecule has 1 aliphatic carbocycles. The van der Waals surface area contributed by atoms with E-state index >= 15 is 0 Å². The molecule has 1 heterocycles. The maximum Gasteiger partial charge on any atom is 0.168 e. The zero-order chi connectivity index (χ0) is 7.68. The van der Waals surface area contributed by atoms with E-state index in [0.29, 0.717) is 6.42 Å². The smallest absolute Gasteiger partial charge is 0.168 e. The molecular weight excluding hydrogens is 138 g/mol. The molecule has 2 rings (SSSR count). The second-order valence-corrected chi connectivity index (χ2v) is 2.70. The van der Waals surface area contributed by atoms with Crippen molar-refractivity contribution in [2.75, 3.05) is 6.54 Å². The maximum atomic E-state index is 11.2. The fraction of sp³-hybridized carbons (Fsp3) is 0.333. The molecule has 2 nitrogen and oxygen atoms in total. The Labute approximate surface area is 65.3 Å². The SMILES string of the molecule is O=C1CC=CC2=NCCC=C12. The normalized spacial score (nSPS) is 22.4. The monoisotopic (exact) mass is 147 g/mol. The quantitative estimate of drug-likeness (QED) is 0.507. The molecule has 0 aromatic carbocycles. The minimum atomic E-state index is 0.214. The molecule has 0 fully saturated rings. The number of rotatable bonds is 0. The summed E-state index contributed by atoms with van der Waals surface area (Å²) >= 11 is 0. The molecule has 0 N–H and O–H groups in total. The van der Waals surface area contributed by atoms with Crippen LogP contribution in [0.2, 0.25) is 0 Å². The van der Waals surface area contributed by atoms with Gasteiger partial charge in [0.15, 0.2) is 5.78 Å². The maximum absolute atomic E-state index is 11.2. The number of nitrogens with zero attached hydrogens (tertiary/aromatic N) is 1. The van der Waals surface area contributed by atoms with Crippen LogP contribution in [0.3, 0.4) is 0 Å². The average Bonchev–Trinajstić information content (AvgIpc) is 2.06. The number of carbonyl (C=O) groups is 1. The molecule has 1 aliphatic heterocycles. The van der Waals surface area contributed by atoms with Crippen LogP contribution >= 0.6 is 0 Å². The molecule has 56 valence electrons. The number of aliphatic imine (C=N–C) groups is 1. The topological polar surface area (TPSA) is 29.4 Å². The number of fused-ring (bicyclic) bond motifs is 1. The van der Waals surface area contributed by atoms with E-state index in [-0.39, 0.29) is 5.78 Å². The molecular formula is C9H9NO. The van der Waals surface area contributed by atoms with Crippen molar-refractivity contribution in [1.82, 2.24) is 0 Å². The van der Waals surface area contributed by atoms with E-state index in [1.54, 1.807) is 0 Å². The number of hydrogen-bond acceptors (Lipinski definition) is 2. The second kappa shape index (κ2) is 2.46. The lowest BCUT2D eigenvalue weighted by Gasteiger charge is -2.13. The Morgan fingerprint density at radius 1 is 1.45 bits per heavy atom. The summed E-state index contributed by atoms with van der Waals surface area (Å²) in [5.41, 5.74) is 1.71. The number of Topliss-reactive ketones (excluding diaryl/α,β-unsaturated/α-hetero) is 1. The van der Waals surface area contributed by atoms with Gasteiger partial charge in [-0.25, -0.2) is 0 Å². The Hall–Kier alpha value is -1.18. The number of carbonyl (C=O) groups excluding carboxylic acids is 1. The molecule has 0 aromatic rings. The average molecular weight is 147 g/mol. The number of hydrogen-bond donors (Lipinski definition) is 0. The van der Waals surface area contributed by atoms with Crippen LogP contribution in [0.15, 0.2) is 28.8 Å². The largest absolute Gasteiger partial charge is 0.294 e. The zero-order valence-corrected chi connectivity index (χ0v) is 6.21. The lowest BCUT2D eigenvalue weighted by atomic mass is 9.95. The lowest BCUT2D eigenvalue weighted by molar-refractivity contribution is -0.114. The first kappa shape index (κ1) is 6.53. The van der Waals surface area contributed by atoms with Gasteiger partial charge in [-0.3, -0.25) is 9.79 Å². The van der Waals surface area contributed by atoms with E-state index < -0.39 is 0 Å². The summed E-state index contributed by atoms with van der Waals surface area (Å²) in [5.74, 6) is 0.214. The van der Waals surface area contributed by atoms with Gasteiger partial charge in [-0.15, -0.1) is 0 Å². The predicted octanol–water partition coefficient (Wildman–Crippen LogP) is 1.29. The van der Waals surface area contributed by atoms with Crippen LogP contribution in [-0.4, -0.2) is 18.0 Å². The van der Waals surface area contributed by atoms with Crippen LogP contribution in [-0.2, 0) is 4.79 Å². The Morgan fingerprint density at radius 2 is 2.36 bits per heavy atom. The van der Waals surface area contributed by atoms with Crippen molar-refractivity contribution in [3.63, 3.8) is 0 Å². The van der Waals surface area contributed by atoms with Crippen LogP contribution in [0.4, 0.5) is 0 Å². The first-order valence-corrected chi connectivity index (χ1v) is 3.82. The van der Waals surface area contributed by atoms with Crippen LogP contribution < -0.4 is 0 Å². The van der Waals surface area contributed by atoms with Crippen molar-refractivity contribution in [1.29, 1.82) is 0 Å². The van der Waals surface area contributed by atoms with Crippen molar-refractivity contribution in [3.8, 4) is 0 Å². The molecule has 2 heteroatoms. The van der Waals surface area contributed by atoms with Crippen molar-refractivity contribution in [3.05, 3.63) is 23.8 Å².